The van der Waals surface area contributed by atoms with Crippen LogP contribution in [0.2, 0.25) is 0 Å². The molecule has 254 valence electrons. The minimum atomic E-state index is -3.55. The van der Waals surface area contributed by atoms with Crippen molar-refractivity contribution >= 4 is 44.8 Å². The van der Waals surface area contributed by atoms with Crippen LogP contribution < -0.4 is 21.3 Å². The van der Waals surface area contributed by atoms with E-state index in [1.165, 1.54) is 18.5 Å². The molecule has 0 fully saturated rings. The molecule has 1 atom stereocenters. The summed E-state index contributed by atoms with van der Waals surface area (Å²) in [5, 5.41) is 8.22. The molecule has 0 aliphatic carbocycles. The normalized spacial score (nSPS) is 12.8. The van der Waals surface area contributed by atoms with E-state index in [1.54, 1.807) is 47.5 Å². The zero-order valence-corrected chi connectivity index (χ0v) is 28.9. The summed E-state index contributed by atoms with van der Waals surface area (Å²) in [6.45, 7) is 8.72. The highest BCUT2D eigenvalue weighted by Gasteiger charge is 2.22. The number of anilines is 1. The van der Waals surface area contributed by atoms with Gasteiger partial charge in [-0.1, -0.05) is 42.2 Å². The van der Waals surface area contributed by atoms with Crippen LogP contribution in [-0.2, 0) is 21.9 Å². The summed E-state index contributed by atoms with van der Waals surface area (Å²) >= 11 is 0. The maximum Gasteiger partial charge on any atom is 0.274 e. The molecule has 5 rings (SSSR count). The first-order valence-corrected chi connectivity index (χ1v) is 17.2. The molecule has 0 bridgehead atoms. The third-order valence-electron chi connectivity index (χ3n) is 7.81. The summed E-state index contributed by atoms with van der Waals surface area (Å²) in [5.74, 6) is 5.39. The van der Waals surface area contributed by atoms with Gasteiger partial charge in [-0.15, -0.1) is 0 Å². The largest absolute Gasteiger partial charge is 0.382 e. The van der Waals surface area contributed by atoms with Gasteiger partial charge < -0.3 is 11.1 Å². The van der Waals surface area contributed by atoms with Crippen LogP contribution in [0.15, 0.2) is 106 Å². The Bertz CT molecular complexity index is 2430. The molecule has 4 N–H and O–H groups in total. The van der Waals surface area contributed by atoms with Crippen molar-refractivity contribution < 1.29 is 13.2 Å². The summed E-state index contributed by atoms with van der Waals surface area (Å²) in [4.78, 5) is 40.4. The van der Waals surface area contributed by atoms with E-state index in [4.69, 9.17) is 5.73 Å². The molecule has 0 radical (unpaired) electrons. The fraction of sp³-hybridized carbons (Fsp3) is 0.167. The molecule has 2 aromatic carbocycles. The van der Waals surface area contributed by atoms with Crippen molar-refractivity contribution in [2.45, 2.75) is 26.8 Å². The van der Waals surface area contributed by atoms with Crippen molar-refractivity contribution in [1.29, 1.82) is 0 Å². The third-order valence-corrected chi connectivity index (χ3v) is 8.42. The van der Waals surface area contributed by atoms with Gasteiger partial charge in [-0.3, -0.25) is 28.5 Å². The molecular weight excluding hydrogens is 655 g/mol. The first kappa shape index (κ1) is 35.0. The van der Waals surface area contributed by atoms with Crippen LogP contribution in [-0.4, -0.2) is 52.3 Å². The zero-order chi connectivity index (χ0) is 36.2. The molecule has 14 heteroatoms. The molecule has 0 aliphatic rings. The standard InChI is InChI=1S/C36H35N9O4S/c1-22(28-17-29(21-39-19-28)43-50(6,48)49)41-33(34(37)38-4)35(46)42-23(2)31-18-26-12-10-11-25(15-16-27-20-40-44(5)24(27)3)32(26)36(47)45(31)30-13-8-7-9-14-30/h7-14,17-21,23,43H,4,37H2,1-3,5-6H3,(H,42,46)/b34-33-,41-22+. The molecule has 50 heavy (non-hydrogen) atoms. The minimum absolute atomic E-state index is 0.217. The van der Waals surface area contributed by atoms with Crippen LogP contribution in [0.3, 0.4) is 0 Å². The van der Waals surface area contributed by atoms with Crippen molar-refractivity contribution in [3.8, 4) is 17.5 Å². The van der Waals surface area contributed by atoms with Crippen molar-refractivity contribution in [3.63, 3.8) is 0 Å². The monoisotopic (exact) mass is 689 g/mol. The van der Waals surface area contributed by atoms with Crippen molar-refractivity contribution in [2.75, 3.05) is 11.0 Å². The molecule has 0 saturated carbocycles. The number of nitrogens with one attached hydrogen (secondary N) is 2. The number of benzene rings is 2. The van der Waals surface area contributed by atoms with E-state index in [1.807, 2.05) is 50.4 Å². The highest BCUT2D eigenvalue weighted by molar-refractivity contribution is 7.92. The number of pyridine rings is 2. The fourth-order valence-electron chi connectivity index (χ4n) is 5.18. The number of para-hydroxylation sites is 1. The molecule has 0 spiro atoms. The third kappa shape index (κ3) is 7.69. The highest BCUT2D eigenvalue weighted by atomic mass is 32.2. The van der Waals surface area contributed by atoms with Gasteiger partial charge >= 0.3 is 0 Å². The van der Waals surface area contributed by atoms with Crippen LogP contribution in [0.5, 0.6) is 0 Å². The zero-order valence-electron chi connectivity index (χ0n) is 28.1. The van der Waals surface area contributed by atoms with Gasteiger partial charge in [0, 0.05) is 41.5 Å². The molecule has 0 aliphatic heterocycles. The van der Waals surface area contributed by atoms with E-state index in [-0.39, 0.29) is 22.8 Å². The summed E-state index contributed by atoms with van der Waals surface area (Å²) < 4.78 is 29.1. The second-order valence-electron chi connectivity index (χ2n) is 11.5. The Morgan fingerprint density at radius 2 is 1.76 bits per heavy atom. The number of nitrogens with two attached hydrogens (primary N) is 1. The quantitative estimate of drug-likeness (QED) is 0.120. The Morgan fingerprint density at radius 1 is 1.04 bits per heavy atom. The summed E-state index contributed by atoms with van der Waals surface area (Å²) in [5.41, 5.74) is 9.79. The number of aromatic nitrogens is 4. The average molecular weight is 690 g/mol. The number of carbonyl (C=O) groups excluding carboxylic acids is 1. The molecule has 0 saturated heterocycles. The van der Waals surface area contributed by atoms with Crippen molar-refractivity contribution in [1.82, 2.24) is 24.6 Å². The molecule has 1 unspecified atom stereocenters. The summed E-state index contributed by atoms with van der Waals surface area (Å²) in [6.07, 6.45) is 5.52. The van der Waals surface area contributed by atoms with Gasteiger partial charge in [0.15, 0.2) is 11.5 Å². The van der Waals surface area contributed by atoms with E-state index in [0.717, 1.165) is 17.5 Å². The highest BCUT2D eigenvalue weighted by Crippen LogP contribution is 2.24. The maximum absolute atomic E-state index is 14.4. The lowest BCUT2D eigenvalue weighted by Crippen LogP contribution is -2.33. The SMILES string of the molecule is C=N/C(N)=C(\N=C(/C)c1cncc(NS(C)(=O)=O)c1)C(=O)NC(C)c1cc2cccc(C#Cc3cnn(C)c3C)c2c(=O)n1-c1ccccc1. The maximum atomic E-state index is 14.4. The fourth-order valence-corrected chi connectivity index (χ4v) is 5.72. The number of hydrogen-bond donors (Lipinski definition) is 3. The van der Waals surface area contributed by atoms with E-state index >= 15 is 0 Å². The van der Waals surface area contributed by atoms with Crippen LogP contribution in [0.25, 0.3) is 16.5 Å². The predicted octanol–water partition coefficient (Wildman–Crippen LogP) is 3.71. The number of amides is 1. The lowest BCUT2D eigenvalue weighted by atomic mass is 10.0. The number of sulfonamides is 1. The number of nitrogens with zero attached hydrogens (tertiary/aromatic N) is 6. The van der Waals surface area contributed by atoms with Gasteiger partial charge in [0.1, 0.15) is 0 Å². The van der Waals surface area contributed by atoms with Gasteiger partial charge in [0.25, 0.3) is 11.5 Å². The van der Waals surface area contributed by atoms with Gasteiger partial charge in [-0.25, -0.2) is 18.4 Å². The summed E-state index contributed by atoms with van der Waals surface area (Å²) in [6, 6.07) is 17.2. The molecule has 13 nitrogen and oxygen atoms in total. The van der Waals surface area contributed by atoms with Crippen LogP contribution in [0.4, 0.5) is 5.69 Å². The van der Waals surface area contributed by atoms with Crippen molar-refractivity contribution in [2.24, 2.45) is 22.8 Å². The minimum Gasteiger partial charge on any atom is -0.382 e. The Morgan fingerprint density at radius 3 is 2.42 bits per heavy atom. The molecule has 5 aromatic rings. The number of rotatable bonds is 9. The number of aliphatic imine (C=N–C) groups is 2. The Kier molecular flexibility index (Phi) is 10.1. The summed E-state index contributed by atoms with van der Waals surface area (Å²) in [7, 11) is -1.71. The van der Waals surface area contributed by atoms with Gasteiger partial charge in [0.05, 0.1) is 47.0 Å². The number of carbonyl (C=O) groups is 1. The van der Waals surface area contributed by atoms with Crippen molar-refractivity contribution in [3.05, 3.63) is 129 Å². The Labute approximate surface area is 289 Å². The Hall–Kier alpha value is -6.33. The topological polar surface area (TPSA) is 179 Å². The van der Waals surface area contributed by atoms with Crippen LogP contribution in [0, 0.1) is 18.8 Å². The van der Waals surface area contributed by atoms with Gasteiger partial charge in [0.2, 0.25) is 10.0 Å². The smallest absolute Gasteiger partial charge is 0.274 e. The van der Waals surface area contributed by atoms with E-state index in [9.17, 15) is 18.0 Å². The Balaban J connectivity index is 1.56. The molecule has 1 amide bonds. The number of hydrogen-bond acceptors (Lipinski definition) is 9. The van der Waals surface area contributed by atoms with Gasteiger partial charge in [-0.05, 0) is 63.2 Å². The second-order valence-corrected chi connectivity index (χ2v) is 13.2. The van der Waals surface area contributed by atoms with Gasteiger partial charge in [-0.2, -0.15) is 5.10 Å². The average Bonchev–Trinajstić information content (AvgIpc) is 3.41. The van der Waals surface area contributed by atoms with E-state index < -0.39 is 22.0 Å². The number of fused-ring (bicyclic) bond motifs is 1. The van der Waals surface area contributed by atoms with E-state index in [2.05, 4.69) is 48.7 Å². The lowest BCUT2D eigenvalue weighted by Gasteiger charge is -2.21. The first-order valence-electron chi connectivity index (χ1n) is 15.3. The predicted molar refractivity (Wildman–Crippen MR) is 196 cm³/mol. The molecular formula is C36H35N9O4S. The molecule has 3 aromatic heterocycles. The first-order chi connectivity index (χ1) is 23.8. The second kappa shape index (κ2) is 14.4. The van der Waals surface area contributed by atoms with E-state index in [0.29, 0.717) is 39.0 Å². The van der Waals surface area contributed by atoms with Crippen LogP contribution >= 0.6 is 0 Å². The van der Waals surface area contributed by atoms with Crippen LogP contribution in [0.1, 0.15) is 48.0 Å². The molecule has 3 heterocycles. The number of aryl methyl sites for hydroxylation is 1. The lowest BCUT2D eigenvalue weighted by molar-refractivity contribution is -0.118.